The molecule has 0 bridgehead atoms. The van der Waals surface area contributed by atoms with E-state index in [4.69, 9.17) is 0 Å². The second-order valence-corrected chi connectivity index (χ2v) is 5.47. The van der Waals surface area contributed by atoms with Crippen molar-refractivity contribution in [1.29, 1.82) is 0 Å². The molecule has 3 amide bonds. The fourth-order valence-corrected chi connectivity index (χ4v) is 2.28. The maximum atomic E-state index is 13.5. The topological polar surface area (TPSA) is 87.3 Å². The molecule has 0 saturated carbocycles. The van der Waals surface area contributed by atoms with Gasteiger partial charge in [0.25, 0.3) is 5.91 Å². The zero-order valence-electron chi connectivity index (χ0n) is 14.4. The third kappa shape index (κ3) is 4.97. The van der Waals surface area contributed by atoms with E-state index < -0.39 is 35.4 Å². The molecule has 6 nitrogen and oxygen atoms in total. The number of halogens is 2. The molecule has 2 aromatic rings. The molecule has 2 aromatic carbocycles. The van der Waals surface area contributed by atoms with Crippen LogP contribution in [0.4, 0.5) is 14.5 Å². The first-order chi connectivity index (χ1) is 12.8. The quantitative estimate of drug-likeness (QED) is 0.679. The van der Waals surface area contributed by atoms with Crippen LogP contribution >= 0.6 is 0 Å². The van der Waals surface area contributed by atoms with E-state index in [1.165, 1.54) is 25.2 Å². The van der Waals surface area contributed by atoms with E-state index in [0.717, 1.165) is 18.2 Å². The Kier molecular flexibility index (Phi) is 6.37. The number of hydrogen-bond acceptors (Lipinski definition) is 3. The van der Waals surface area contributed by atoms with Crippen molar-refractivity contribution < 1.29 is 23.2 Å². The highest BCUT2D eigenvalue weighted by molar-refractivity contribution is 6.01. The van der Waals surface area contributed by atoms with Crippen molar-refractivity contribution in [2.24, 2.45) is 0 Å². The van der Waals surface area contributed by atoms with Gasteiger partial charge < -0.3 is 16.0 Å². The van der Waals surface area contributed by atoms with Crippen LogP contribution in [0.3, 0.4) is 0 Å². The Balaban J connectivity index is 2.27. The Bertz CT molecular complexity index is 900. The molecular weight excluding hydrogens is 356 g/mol. The number of nitrogens with one attached hydrogen (secondary N) is 3. The lowest BCUT2D eigenvalue weighted by Crippen LogP contribution is -2.39. The Morgan fingerprint density at radius 2 is 1.81 bits per heavy atom. The summed E-state index contributed by atoms with van der Waals surface area (Å²) < 4.78 is 26.7. The maximum absolute atomic E-state index is 13.5. The van der Waals surface area contributed by atoms with Gasteiger partial charge in [-0.15, -0.1) is 0 Å². The van der Waals surface area contributed by atoms with Gasteiger partial charge in [0.2, 0.25) is 11.8 Å². The molecule has 0 radical (unpaired) electrons. The number of hydrogen-bond donors (Lipinski definition) is 3. The molecule has 2 rings (SSSR count). The zero-order valence-corrected chi connectivity index (χ0v) is 14.4. The number of carbonyl (C=O) groups excluding carboxylic acids is 3. The number of likely N-dealkylation sites (N-methyl/N-ethyl adjacent to an activating group) is 1. The van der Waals surface area contributed by atoms with Crippen LogP contribution < -0.4 is 16.0 Å². The Morgan fingerprint density at radius 3 is 2.44 bits per heavy atom. The highest BCUT2D eigenvalue weighted by Crippen LogP contribution is 2.18. The van der Waals surface area contributed by atoms with E-state index in [9.17, 15) is 23.2 Å². The average Bonchev–Trinajstić information content (AvgIpc) is 2.67. The first-order valence-corrected chi connectivity index (χ1v) is 7.86. The van der Waals surface area contributed by atoms with Crippen molar-refractivity contribution in [1.82, 2.24) is 10.6 Å². The molecule has 1 atom stereocenters. The van der Waals surface area contributed by atoms with Crippen molar-refractivity contribution in [3.8, 4) is 0 Å². The van der Waals surface area contributed by atoms with Gasteiger partial charge in [-0.25, -0.2) is 8.78 Å². The maximum Gasteiger partial charge on any atom is 0.252 e. The molecule has 0 aliphatic rings. The fourth-order valence-electron chi connectivity index (χ4n) is 2.28. The Morgan fingerprint density at radius 1 is 1.07 bits per heavy atom. The van der Waals surface area contributed by atoms with E-state index in [-0.39, 0.29) is 11.1 Å². The number of amides is 3. The van der Waals surface area contributed by atoms with Crippen LogP contribution in [-0.2, 0) is 9.59 Å². The van der Waals surface area contributed by atoms with Gasteiger partial charge in [0.15, 0.2) is 11.6 Å². The van der Waals surface area contributed by atoms with E-state index in [2.05, 4.69) is 22.5 Å². The lowest BCUT2D eigenvalue weighted by atomic mass is 10.0. The highest BCUT2D eigenvalue weighted by atomic mass is 19.2. The summed E-state index contributed by atoms with van der Waals surface area (Å²) in [6.45, 7) is 3.34. The number of anilines is 1. The third-order valence-corrected chi connectivity index (χ3v) is 3.64. The number of rotatable bonds is 6. The molecule has 0 fully saturated rings. The Hall–Kier alpha value is -3.55. The summed E-state index contributed by atoms with van der Waals surface area (Å²) in [6.07, 6.45) is 1.08. The smallest absolute Gasteiger partial charge is 0.252 e. The van der Waals surface area contributed by atoms with Crippen LogP contribution in [0.15, 0.2) is 55.1 Å². The van der Waals surface area contributed by atoms with Crippen LogP contribution in [0.1, 0.15) is 22.0 Å². The van der Waals surface area contributed by atoms with Crippen molar-refractivity contribution >= 4 is 23.4 Å². The minimum absolute atomic E-state index is 0.0812. The van der Waals surface area contributed by atoms with Gasteiger partial charge >= 0.3 is 0 Å². The van der Waals surface area contributed by atoms with Crippen LogP contribution in [-0.4, -0.2) is 24.8 Å². The summed E-state index contributed by atoms with van der Waals surface area (Å²) in [6, 6.07) is 7.69. The highest BCUT2D eigenvalue weighted by Gasteiger charge is 2.23. The van der Waals surface area contributed by atoms with Gasteiger partial charge in [-0.3, -0.25) is 14.4 Å². The minimum atomic E-state index is -1.23. The number of carbonyl (C=O) groups is 3. The SMILES string of the molecule is C=CC(=O)Nc1cccc(C(=O)NC(C(=O)NC)c2ccc(F)c(F)c2)c1. The first-order valence-electron chi connectivity index (χ1n) is 7.86. The van der Waals surface area contributed by atoms with Crippen LogP contribution in [0.25, 0.3) is 0 Å². The van der Waals surface area contributed by atoms with Gasteiger partial charge in [-0.1, -0.05) is 18.7 Å². The molecular formula is C19H17F2N3O3. The Labute approximate surface area is 154 Å². The summed E-state index contributed by atoms with van der Waals surface area (Å²) in [5.74, 6) is -3.89. The minimum Gasteiger partial charge on any atom is -0.357 e. The molecule has 0 aromatic heterocycles. The second kappa shape index (κ2) is 8.70. The summed E-state index contributed by atoms with van der Waals surface area (Å²) in [5, 5.41) is 7.34. The molecule has 8 heteroatoms. The van der Waals surface area contributed by atoms with E-state index in [1.54, 1.807) is 12.1 Å². The third-order valence-electron chi connectivity index (χ3n) is 3.64. The first kappa shape index (κ1) is 19.8. The lowest BCUT2D eigenvalue weighted by molar-refractivity contribution is -0.122. The molecule has 0 spiro atoms. The number of benzene rings is 2. The van der Waals surface area contributed by atoms with Crippen molar-refractivity contribution in [2.45, 2.75) is 6.04 Å². The van der Waals surface area contributed by atoms with Crippen molar-refractivity contribution in [3.05, 3.63) is 77.9 Å². The van der Waals surface area contributed by atoms with E-state index in [0.29, 0.717) is 5.69 Å². The molecule has 3 N–H and O–H groups in total. The molecule has 0 saturated heterocycles. The van der Waals surface area contributed by atoms with Gasteiger partial charge in [0, 0.05) is 18.3 Å². The predicted octanol–water partition coefficient (Wildman–Crippen LogP) is 2.31. The lowest BCUT2D eigenvalue weighted by Gasteiger charge is -2.18. The second-order valence-electron chi connectivity index (χ2n) is 5.47. The summed E-state index contributed by atoms with van der Waals surface area (Å²) in [7, 11) is 1.35. The standard InChI is InChI=1S/C19H17F2N3O3/c1-3-16(25)23-13-6-4-5-12(9-13)18(26)24-17(19(27)22-2)11-7-8-14(20)15(21)10-11/h3-10,17H,1H2,2H3,(H,22,27)(H,23,25)(H,24,26). The van der Waals surface area contributed by atoms with Crippen LogP contribution in [0, 0.1) is 11.6 Å². The largest absolute Gasteiger partial charge is 0.357 e. The van der Waals surface area contributed by atoms with Gasteiger partial charge in [-0.2, -0.15) is 0 Å². The summed E-state index contributed by atoms with van der Waals surface area (Å²) >= 11 is 0. The molecule has 140 valence electrons. The monoisotopic (exact) mass is 373 g/mol. The molecule has 27 heavy (non-hydrogen) atoms. The predicted molar refractivity (Wildman–Crippen MR) is 95.9 cm³/mol. The van der Waals surface area contributed by atoms with E-state index in [1.807, 2.05) is 0 Å². The molecule has 0 heterocycles. The molecule has 0 aliphatic carbocycles. The summed E-state index contributed by atoms with van der Waals surface area (Å²) in [5.41, 5.74) is 0.600. The molecule has 1 unspecified atom stereocenters. The van der Waals surface area contributed by atoms with E-state index >= 15 is 0 Å². The zero-order chi connectivity index (χ0) is 20.0. The van der Waals surface area contributed by atoms with Gasteiger partial charge in [-0.05, 0) is 42.0 Å². The van der Waals surface area contributed by atoms with Gasteiger partial charge in [0.05, 0.1) is 0 Å². The van der Waals surface area contributed by atoms with Crippen LogP contribution in [0.2, 0.25) is 0 Å². The van der Waals surface area contributed by atoms with Crippen LogP contribution in [0.5, 0.6) is 0 Å². The van der Waals surface area contributed by atoms with Crippen molar-refractivity contribution in [2.75, 3.05) is 12.4 Å². The summed E-state index contributed by atoms with van der Waals surface area (Å²) in [4.78, 5) is 36.0. The normalized spacial score (nSPS) is 11.2. The molecule has 0 aliphatic heterocycles. The van der Waals surface area contributed by atoms with Gasteiger partial charge in [0.1, 0.15) is 6.04 Å². The fraction of sp³-hybridized carbons (Fsp3) is 0.105. The van der Waals surface area contributed by atoms with Crippen molar-refractivity contribution in [3.63, 3.8) is 0 Å². The average molecular weight is 373 g/mol.